The lowest BCUT2D eigenvalue weighted by Crippen LogP contribution is -2.55. The summed E-state index contributed by atoms with van der Waals surface area (Å²) in [6.07, 6.45) is 6.32. The number of carbonyl (C=O) groups excluding carboxylic acids is 2. The minimum atomic E-state index is -0.901. The molecule has 0 heterocycles. The summed E-state index contributed by atoms with van der Waals surface area (Å²) in [7, 11) is 0. The molecule has 1 saturated carbocycles. The smallest absolute Gasteiger partial charge is 0.308 e. The molecule has 198 valence electrons. The average molecular weight is 501 g/mol. The summed E-state index contributed by atoms with van der Waals surface area (Å²) in [5.74, 6) is -1.78. The molecule has 7 nitrogen and oxygen atoms in total. The van der Waals surface area contributed by atoms with Gasteiger partial charge in [0.15, 0.2) is 0 Å². The Morgan fingerprint density at radius 2 is 1.71 bits per heavy atom. The van der Waals surface area contributed by atoms with E-state index >= 15 is 0 Å². The van der Waals surface area contributed by atoms with Crippen molar-refractivity contribution in [3.05, 3.63) is 0 Å². The Morgan fingerprint density at radius 1 is 1.09 bits per heavy atom. The van der Waals surface area contributed by atoms with E-state index in [0.29, 0.717) is 25.9 Å². The standard InChI is InChI=1S/C26H48N2O5S/c1-8-11-14-26(7,34)33-16-15-25(5,6)24(32)28-22-19(12-13-20(22)23(30)31)21(27-17(4)29)18(9-2)10-3/h18-22,34H,8-16H2,1-7H3,(H,27,29)(H,28,32)(H,30,31)/t19?,20-,21+,22-,26?/m0/s1. The van der Waals surface area contributed by atoms with Gasteiger partial charge in [-0.05, 0) is 44.9 Å². The third-order valence-electron chi connectivity index (χ3n) is 7.46. The van der Waals surface area contributed by atoms with E-state index < -0.39 is 28.3 Å². The van der Waals surface area contributed by atoms with Crippen molar-refractivity contribution in [1.82, 2.24) is 10.6 Å². The van der Waals surface area contributed by atoms with Crippen LogP contribution in [0.1, 0.15) is 99.8 Å². The maximum Gasteiger partial charge on any atom is 0.308 e. The first-order valence-corrected chi connectivity index (χ1v) is 13.4. The van der Waals surface area contributed by atoms with Gasteiger partial charge in [0.25, 0.3) is 0 Å². The van der Waals surface area contributed by atoms with Crippen molar-refractivity contribution in [2.24, 2.45) is 23.2 Å². The number of rotatable bonds is 15. The minimum absolute atomic E-state index is 0.124. The van der Waals surface area contributed by atoms with Crippen LogP contribution in [-0.4, -0.2) is 46.5 Å². The third kappa shape index (κ3) is 9.06. The van der Waals surface area contributed by atoms with Gasteiger partial charge in [0.1, 0.15) is 4.93 Å². The summed E-state index contributed by atoms with van der Waals surface area (Å²) in [5.41, 5.74) is -0.733. The van der Waals surface area contributed by atoms with Crippen LogP contribution in [0.5, 0.6) is 0 Å². The highest BCUT2D eigenvalue weighted by Crippen LogP contribution is 2.38. The Kier molecular flexibility index (Phi) is 12.4. The number of unbranched alkanes of at least 4 members (excludes halogenated alkanes) is 1. The molecule has 1 fully saturated rings. The van der Waals surface area contributed by atoms with Gasteiger partial charge in [0.05, 0.1) is 5.92 Å². The number of aliphatic carboxylic acids is 1. The molecular formula is C26H48N2O5S. The Bertz CT molecular complexity index is 678. The van der Waals surface area contributed by atoms with Crippen LogP contribution in [0.4, 0.5) is 0 Å². The summed E-state index contributed by atoms with van der Waals surface area (Å²) in [4.78, 5) is 36.8. The van der Waals surface area contributed by atoms with Crippen LogP contribution < -0.4 is 10.6 Å². The SMILES string of the molecule is CCCCC(C)(S)OCCC(C)(C)C(=O)N[C@H]1C([C@H](NC(C)=O)C(CC)CC)CC[C@@H]1C(=O)O. The first kappa shape index (κ1) is 30.8. The van der Waals surface area contributed by atoms with Gasteiger partial charge in [0, 0.05) is 36.9 Å². The first-order chi connectivity index (χ1) is 15.8. The van der Waals surface area contributed by atoms with Crippen molar-refractivity contribution in [1.29, 1.82) is 0 Å². The molecule has 5 atom stereocenters. The van der Waals surface area contributed by atoms with Gasteiger partial charge in [-0.25, -0.2) is 0 Å². The molecule has 0 aromatic rings. The molecular weight excluding hydrogens is 452 g/mol. The number of carbonyl (C=O) groups is 3. The number of ether oxygens (including phenoxy) is 1. The maximum atomic E-state index is 13.3. The Morgan fingerprint density at radius 3 is 2.21 bits per heavy atom. The van der Waals surface area contributed by atoms with Crippen LogP contribution in [-0.2, 0) is 19.1 Å². The molecule has 1 rings (SSSR count). The minimum Gasteiger partial charge on any atom is -0.481 e. The largest absolute Gasteiger partial charge is 0.481 e. The Hall–Kier alpha value is -1.28. The van der Waals surface area contributed by atoms with Crippen LogP contribution in [0, 0.1) is 23.2 Å². The van der Waals surface area contributed by atoms with E-state index in [4.69, 9.17) is 4.74 Å². The van der Waals surface area contributed by atoms with Crippen LogP contribution in [0.2, 0.25) is 0 Å². The quantitative estimate of drug-likeness (QED) is 0.191. The first-order valence-electron chi connectivity index (χ1n) is 13.0. The molecule has 1 aliphatic carbocycles. The lowest BCUT2D eigenvalue weighted by atomic mass is 9.80. The van der Waals surface area contributed by atoms with Gasteiger partial charge >= 0.3 is 5.97 Å². The van der Waals surface area contributed by atoms with Crippen LogP contribution in [0.25, 0.3) is 0 Å². The summed E-state index contributed by atoms with van der Waals surface area (Å²) >= 11 is 4.61. The number of amides is 2. The zero-order valence-electron chi connectivity index (χ0n) is 22.3. The molecule has 2 amide bonds. The van der Waals surface area contributed by atoms with E-state index in [1.807, 2.05) is 20.8 Å². The molecule has 0 bridgehead atoms. The summed E-state index contributed by atoms with van der Waals surface area (Å²) < 4.78 is 5.95. The third-order valence-corrected chi connectivity index (χ3v) is 7.81. The van der Waals surface area contributed by atoms with Crippen LogP contribution >= 0.6 is 12.6 Å². The molecule has 0 saturated heterocycles. The Labute approximate surface area is 212 Å². The second-order valence-corrected chi connectivity index (χ2v) is 11.7. The second kappa shape index (κ2) is 13.7. The molecule has 0 radical (unpaired) electrons. The van der Waals surface area contributed by atoms with E-state index in [0.717, 1.165) is 32.1 Å². The number of hydrogen-bond donors (Lipinski definition) is 4. The molecule has 2 unspecified atom stereocenters. The lowest BCUT2D eigenvalue weighted by Gasteiger charge is -2.37. The number of thiol groups is 1. The molecule has 0 aromatic heterocycles. The van der Waals surface area contributed by atoms with Crippen molar-refractivity contribution < 1.29 is 24.2 Å². The monoisotopic (exact) mass is 500 g/mol. The van der Waals surface area contributed by atoms with E-state index in [1.165, 1.54) is 6.92 Å². The highest BCUT2D eigenvalue weighted by Gasteiger charge is 2.47. The summed E-state index contributed by atoms with van der Waals surface area (Å²) in [6.45, 7) is 13.8. The fourth-order valence-corrected chi connectivity index (χ4v) is 5.34. The number of carboxylic acids is 1. The molecule has 0 aliphatic heterocycles. The van der Waals surface area contributed by atoms with Gasteiger partial charge in [-0.1, -0.05) is 53.9 Å². The fraction of sp³-hybridized carbons (Fsp3) is 0.885. The number of nitrogens with one attached hydrogen (secondary N) is 2. The predicted molar refractivity (Wildman–Crippen MR) is 139 cm³/mol. The summed E-state index contributed by atoms with van der Waals surface area (Å²) in [5, 5.41) is 16.0. The molecule has 1 aliphatic rings. The van der Waals surface area contributed by atoms with Crippen molar-refractivity contribution >= 4 is 30.4 Å². The van der Waals surface area contributed by atoms with Crippen molar-refractivity contribution in [2.45, 2.75) is 117 Å². The van der Waals surface area contributed by atoms with Gasteiger partial charge in [-0.15, -0.1) is 12.6 Å². The van der Waals surface area contributed by atoms with Crippen molar-refractivity contribution in [3.63, 3.8) is 0 Å². The van der Waals surface area contributed by atoms with Gasteiger partial charge in [-0.3, -0.25) is 14.4 Å². The fourth-order valence-electron chi connectivity index (χ4n) is 5.09. The Balaban J connectivity index is 2.98. The molecule has 0 spiro atoms. The molecule has 34 heavy (non-hydrogen) atoms. The lowest BCUT2D eigenvalue weighted by molar-refractivity contribution is -0.143. The topological polar surface area (TPSA) is 105 Å². The van der Waals surface area contributed by atoms with Crippen molar-refractivity contribution in [3.8, 4) is 0 Å². The number of carboxylic acid groups (broad SMARTS) is 1. The molecule has 0 aromatic carbocycles. The normalized spacial score (nSPS) is 23.4. The van der Waals surface area contributed by atoms with Crippen LogP contribution in [0.15, 0.2) is 0 Å². The predicted octanol–water partition coefficient (Wildman–Crippen LogP) is 4.79. The zero-order chi connectivity index (χ0) is 26.1. The van der Waals surface area contributed by atoms with Gasteiger partial charge in [-0.2, -0.15) is 0 Å². The van der Waals surface area contributed by atoms with E-state index in [-0.39, 0.29) is 29.7 Å². The van der Waals surface area contributed by atoms with E-state index in [1.54, 1.807) is 0 Å². The zero-order valence-corrected chi connectivity index (χ0v) is 23.2. The van der Waals surface area contributed by atoms with Crippen LogP contribution in [0.3, 0.4) is 0 Å². The highest BCUT2D eigenvalue weighted by molar-refractivity contribution is 7.81. The number of hydrogen-bond acceptors (Lipinski definition) is 5. The average Bonchev–Trinajstić information content (AvgIpc) is 3.15. The highest BCUT2D eigenvalue weighted by atomic mass is 32.1. The molecule has 3 N–H and O–H groups in total. The molecule has 8 heteroatoms. The van der Waals surface area contributed by atoms with E-state index in [9.17, 15) is 19.5 Å². The van der Waals surface area contributed by atoms with Gasteiger partial charge in [0.2, 0.25) is 11.8 Å². The second-order valence-electron chi connectivity index (χ2n) is 10.7. The summed E-state index contributed by atoms with van der Waals surface area (Å²) in [6, 6.07) is -0.695. The van der Waals surface area contributed by atoms with Crippen molar-refractivity contribution in [2.75, 3.05) is 6.61 Å². The maximum absolute atomic E-state index is 13.3. The van der Waals surface area contributed by atoms with Gasteiger partial charge < -0.3 is 20.5 Å². The van der Waals surface area contributed by atoms with E-state index in [2.05, 4.69) is 44.0 Å².